The van der Waals surface area contributed by atoms with Crippen LogP contribution < -0.4 is 10.5 Å². The predicted octanol–water partition coefficient (Wildman–Crippen LogP) is 3.00. The quantitative estimate of drug-likeness (QED) is 0.829. The fourth-order valence-corrected chi connectivity index (χ4v) is 1.90. The van der Waals surface area contributed by atoms with E-state index in [0.29, 0.717) is 5.92 Å². The summed E-state index contributed by atoms with van der Waals surface area (Å²) in [5, 5.41) is 0. The third-order valence-electron chi connectivity index (χ3n) is 3.50. The second-order valence-corrected chi connectivity index (χ2v) is 4.80. The number of nitrogens with two attached hydrogens (primary N) is 1. The second-order valence-electron chi connectivity index (χ2n) is 4.80. The largest absolute Gasteiger partial charge is 0.496 e. The molecule has 0 aliphatic heterocycles. The molecule has 0 heterocycles. The SMILES string of the molecule is CCC(C)C(C)(N)Cc1ccccc1OC. The molecule has 0 fully saturated rings. The van der Waals surface area contributed by atoms with E-state index in [2.05, 4.69) is 26.8 Å². The molecule has 0 spiro atoms. The lowest BCUT2D eigenvalue weighted by molar-refractivity contribution is 0.301. The molecule has 2 unspecified atom stereocenters. The van der Waals surface area contributed by atoms with Gasteiger partial charge in [-0.1, -0.05) is 38.5 Å². The summed E-state index contributed by atoms with van der Waals surface area (Å²) in [6, 6.07) is 8.10. The summed E-state index contributed by atoms with van der Waals surface area (Å²) >= 11 is 0. The van der Waals surface area contributed by atoms with Crippen molar-refractivity contribution < 1.29 is 4.74 Å². The van der Waals surface area contributed by atoms with Crippen molar-refractivity contribution in [2.24, 2.45) is 11.7 Å². The van der Waals surface area contributed by atoms with E-state index in [1.54, 1.807) is 7.11 Å². The molecule has 2 nitrogen and oxygen atoms in total. The summed E-state index contributed by atoms with van der Waals surface area (Å²) in [7, 11) is 1.70. The van der Waals surface area contributed by atoms with Gasteiger partial charge >= 0.3 is 0 Å². The average molecular weight is 221 g/mol. The maximum Gasteiger partial charge on any atom is 0.122 e. The molecule has 2 N–H and O–H groups in total. The van der Waals surface area contributed by atoms with Crippen LogP contribution in [0, 0.1) is 5.92 Å². The van der Waals surface area contributed by atoms with Crippen LogP contribution in [0.1, 0.15) is 32.8 Å². The number of methoxy groups -OCH3 is 1. The molecule has 16 heavy (non-hydrogen) atoms. The van der Waals surface area contributed by atoms with E-state index in [1.165, 1.54) is 5.56 Å². The zero-order valence-electron chi connectivity index (χ0n) is 10.8. The minimum absolute atomic E-state index is 0.177. The summed E-state index contributed by atoms with van der Waals surface area (Å²) in [5.74, 6) is 1.43. The maximum absolute atomic E-state index is 6.37. The van der Waals surface area contributed by atoms with Crippen molar-refractivity contribution in [1.29, 1.82) is 0 Å². The Bertz CT molecular complexity index is 333. The van der Waals surface area contributed by atoms with Crippen LogP contribution in [-0.2, 0) is 6.42 Å². The Kier molecular flexibility index (Phi) is 4.36. The van der Waals surface area contributed by atoms with E-state index in [0.717, 1.165) is 18.6 Å². The Morgan fingerprint density at radius 2 is 2.00 bits per heavy atom. The number of ether oxygens (including phenoxy) is 1. The van der Waals surface area contributed by atoms with Gasteiger partial charge in [-0.3, -0.25) is 0 Å². The second kappa shape index (κ2) is 5.35. The van der Waals surface area contributed by atoms with Crippen LogP contribution in [0.4, 0.5) is 0 Å². The van der Waals surface area contributed by atoms with Gasteiger partial charge < -0.3 is 10.5 Å². The minimum Gasteiger partial charge on any atom is -0.496 e. The summed E-state index contributed by atoms with van der Waals surface area (Å²) < 4.78 is 5.35. The van der Waals surface area contributed by atoms with E-state index in [1.807, 2.05) is 18.2 Å². The lowest BCUT2D eigenvalue weighted by atomic mass is 9.81. The Hall–Kier alpha value is -1.02. The van der Waals surface area contributed by atoms with Crippen LogP contribution in [-0.4, -0.2) is 12.6 Å². The van der Waals surface area contributed by atoms with Gasteiger partial charge in [0.15, 0.2) is 0 Å². The molecule has 0 aliphatic rings. The van der Waals surface area contributed by atoms with E-state index in [4.69, 9.17) is 10.5 Å². The molecule has 90 valence electrons. The van der Waals surface area contributed by atoms with Crippen LogP contribution in [0.5, 0.6) is 5.75 Å². The van der Waals surface area contributed by atoms with Gasteiger partial charge in [0.2, 0.25) is 0 Å². The molecular weight excluding hydrogens is 198 g/mol. The van der Waals surface area contributed by atoms with Gasteiger partial charge in [-0.2, -0.15) is 0 Å². The van der Waals surface area contributed by atoms with Gasteiger partial charge in [0.25, 0.3) is 0 Å². The summed E-state index contributed by atoms with van der Waals surface area (Å²) in [5.41, 5.74) is 7.38. The summed E-state index contributed by atoms with van der Waals surface area (Å²) in [6.45, 7) is 6.50. The number of rotatable bonds is 5. The average Bonchev–Trinajstić information content (AvgIpc) is 2.28. The molecule has 0 radical (unpaired) electrons. The molecule has 1 aromatic rings. The Labute approximate surface area is 98.8 Å². The first-order valence-electron chi connectivity index (χ1n) is 5.92. The van der Waals surface area contributed by atoms with Crippen molar-refractivity contribution in [2.45, 2.75) is 39.2 Å². The highest BCUT2D eigenvalue weighted by Crippen LogP contribution is 2.26. The third-order valence-corrected chi connectivity index (χ3v) is 3.50. The monoisotopic (exact) mass is 221 g/mol. The van der Waals surface area contributed by atoms with Crippen molar-refractivity contribution in [2.75, 3.05) is 7.11 Å². The smallest absolute Gasteiger partial charge is 0.122 e. The number of hydrogen-bond donors (Lipinski definition) is 1. The van der Waals surface area contributed by atoms with Crippen molar-refractivity contribution in [3.8, 4) is 5.75 Å². The van der Waals surface area contributed by atoms with Crippen LogP contribution in [0.15, 0.2) is 24.3 Å². The molecule has 0 aliphatic carbocycles. The molecule has 0 amide bonds. The van der Waals surface area contributed by atoms with Gasteiger partial charge in [0.1, 0.15) is 5.75 Å². The zero-order valence-corrected chi connectivity index (χ0v) is 10.8. The highest BCUT2D eigenvalue weighted by molar-refractivity contribution is 5.34. The molecule has 2 atom stereocenters. The predicted molar refractivity (Wildman–Crippen MR) is 68.7 cm³/mol. The molecule has 0 saturated carbocycles. The highest BCUT2D eigenvalue weighted by atomic mass is 16.5. The van der Waals surface area contributed by atoms with Gasteiger partial charge in [-0.05, 0) is 30.9 Å². The molecule has 0 aromatic heterocycles. The van der Waals surface area contributed by atoms with Crippen molar-refractivity contribution >= 4 is 0 Å². The van der Waals surface area contributed by atoms with Gasteiger partial charge in [-0.25, -0.2) is 0 Å². The van der Waals surface area contributed by atoms with Crippen molar-refractivity contribution in [3.63, 3.8) is 0 Å². The van der Waals surface area contributed by atoms with Crippen molar-refractivity contribution in [3.05, 3.63) is 29.8 Å². The molecule has 0 bridgehead atoms. The summed E-state index contributed by atoms with van der Waals surface area (Å²) in [6.07, 6.45) is 1.95. The number of para-hydroxylation sites is 1. The van der Waals surface area contributed by atoms with Gasteiger partial charge in [0, 0.05) is 5.54 Å². The molecule has 2 heteroatoms. The Morgan fingerprint density at radius 1 is 1.38 bits per heavy atom. The normalized spacial score (nSPS) is 16.6. The van der Waals surface area contributed by atoms with Gasteiger partial charge in [-0.15, -0.1) is 0 Å². The lowest BCUT2D eigenvalue weighted by Gasteiger charge is -2.31. The number of benzene rings is 1. The minimum atomic E-state index is -0.177. The standard InChI is InChI=1S/C14H23NO/c1-5-11(2)14(3,15)10-12-8-6-7-9-13(12)16-4/h6-9,11H,5,10,15H2,1-4H3. The van der Waals surface area contributed by atoms with Crippen molar-refractivity contribution in [1.82, 2.24) is 0 Å². The Morgan fingerprint density at radius 3 is 2.56 bits per heavy atom. The topological polar surface area (TPSA) is 35.2 Å². The first-order valence-corrected chi connectivity index (χ1v) is 5.92. The third kappa shape index (κ3) is 2.99. The Balaban J connectivity index is 2.87. The first-order chi connectivity index (χ1) is 7.51. The van der Waals surface area contributed by atoms with Crippen LogP contribution in [0.25, 0.3) is 0 Å². The number of hydrogen-bond acceptors (Lipinski definition) is 2. The maximum atomic E-state index is 6.37. The van der Waals surface area contributed by atoms with Crippen LogP contribution in [0.3, 0.4) is 0 Å². The van der Waals surface area contributed by atoms with E-state index in [-0.39, 0.29) is 5.54 Å². The lowest BCUT2D eigenvalue weighted by Crippen LogP contribution is -2.44. The summed E-state index contributed by atoms with van der Waals surface area (Å²) in [4.78, 5) is 0. The van der Waals surface area contributed by atoms with E-state index in [9.17, 15) is 0 Å². The van der Waals surface area contributed by atoms with Gasteiger partial charge in [0.05, 0.1) is 7.11 Å². The fourth-order valence-electron chi connectivity index (χ4n) is 1.90. The highest BCUT2D eigenvalue weighted by Gasteiger charge is 2.26. The van der Waals surface area contributed by atoms with Crippen LogP contribution in [0.2, 0.25) is 0 Å². The molecular formula is C14H23NO. The molecule has 1 aromatic carbocycles. The molecule has 0 saturated heterocycles. The zero-order chi connectivity index (χ0) is 12.2. The molecule has 1 rings (SSSR count). The first kappa shape index (κ1) is 13.0. The van der Waals surface area contributed by atoms with E-state index < -0.39 is 0 Å². The van der Waals surface area contributed by atoms with E-state index >= 15 is 0 Å². The fraction of sp³-hybridized carbons (Fsp3) is 0.571. The van der Waals surface area contributed by atoms with Crippen LogP contribution >= 0.6 is 0 Å².